The van der Waals surface area contributed by atoms with E-state index in [2.05, 4.69) is 5.32 Å². The average molecular weight is 932 g/mol. The first-order valence-corrected chi connectivity index (χ1v) is 21.5. The van der Waals surface area contributed by atoms with Crippen molar-refractivity contribution >= 4 is 41.2 Å². The molecule has 1 aliphatic rings. The molecule has 2 atom stereocenters. The first-order chi connectivity index (χ1) is 31.0. The van der Waals surface area contributed by atoms with E-state index in [0.29, 0.717) is 44.6 Å². The second-order valence-corrected chi connectivity index (χ2v) is 16.7. The largest absolute Gasteiger partial charge is 0.490 e. The number of carbonyl (C=O) groups is 7. The van der Waals surface area contributed by atoms with Gasteiger partial charge in [0.05, 0.1) is 12.6 Å². The summed E-state index contributed by atoms with van der Waals surface area (Å²) in [7, 11) is 0. The van der Waals surface area contributed by atoms with Crippen molar-refractivity contribution in [3.8, 4) is 11.1 Å². The Kier molecular flexibility index (Phi) is 21.0. The summed E-state index contributed by atoms with van der Waals surface area (Å²) in [5.41, 5.74) is 8.35. The van der Waals surface area contributed by atoms with Gasteiger partial charge in [0, 0.05) is 106 Å². The second kappa shape index (κ2) is 25.6. The number of Topliss-reactive ketones (excluding diaryl/α,β-unsaturated/α-hetero) is 2. The number of carboxylic acid groups (broad SMARTS) is 1. The maximum atomic E-state index is 15.1. The molecule has 0 aliphatic carbocycles. The summed E-state index contributed by atoms with van der Waals surface area (Å²) in [6.07, 6.45) is 0.935. The number of carboxylic acids is 1. The SMILES string of the molecule is CCC(=O)N(CC[C@H](N)CNC(=O)CCC(=O)CCCOCCCC(=O)CN1C(=O)C=CC1=O)[C@@H](c1cc(-c2cc(F)ccc2F)cn1Cc1ccccc1)C(C)(C)C.O=C(O)C(F)(F)F. The number of nitrogens with two attached hydrogens (primary N) is 1. The number of hydrogen-bond donors (Lipinski definition) is 3. The molecule has 0 saturated heterocycles. The number of imide groups is 1. The molecule has 0 fully saturated rings. The lowest BCUT2D eigenvalue weighted by atomic mass is 9.82. The van der Waals surface area contributed by atoms with Crippen molar-refractivity contribution < 1.29 is 65.4 Å². The van der Waals surface area contributed by atoms with E-state index in [9.17, 15) is 46.3 Å². The molecule has 0 spiro atoms. The molecule has 1 aliphatic heterocycles. The van der Waals surface area contributed by atoms with Gasteiger partial charge in [-0.15, -0.1) is 0 Å². The van der Waals surface area contributed by atoms with Crippen molar-refractivity contribution in [2.75, 3.05) is 32.8 Å². The summed E-state index contributed by atoms with van der Waals surface area (Å²) in [4.78, 5) is 85.5. The molecule has 360 valence electrons. The van der Waals surface area contributed by atoms with Gasteiger partial charge in [0.2, 0.25) is 11.8 Å². The van der Waals surface area contributed by atoms with Crippen LogP contribution in [-0.4, -0.2) is 106 Å². The van der Waals surface area contributed by atoms with Gasteiger partial charge < -0.3 is 30.4 Å². The third-order valence-electron chi connectivity index (χ3n) is 10.3. The molecule has 4 N–H and O–H groups in total. The first-order valence-electron chi connectivity index (χ1n) is 21.5. The van der Waals surface area contributed by atoms with Crippen LogP contribution in [0.3, 0.4) is 0 Å². The van der Waals surface area contributed by atoms with Crippen LogP contribution in [-0.2, 0) is 44.8 Å². The number of ether oxygens (including phenoxy) is 1. The van der Waals surface area contributed by atoms with Crippen LogP contribution in [0.25, 0.3) is 11.1 Å². The number of aromatic nitrogens is 1. The molecule has 3 aromatic rings. The molecule has 0 bridgehead atoms. The number of nitrogens with zero attached hydrogens (tertiary/aromatic N) is 3. The Bertz CT molecular complexity index is 2170. The Morgan fingerprint density at radius 2 is 1.47 bits per heavy atom. The Balaban J connectivity index is 0.00000152. The summed E-state index contributed by atoms with van der Waals surface area (Å²) in [6.45, 7) is 9.09. The Hall–Kier alpha value is -6.08. The summed E-state index contributed by atoms with van der Waals surface area (Å²) in [6, 6.07) is 14.0. The fourth-order valence-electron chi connectivity index (χ4n) is 7.02. The molecular weight excluding hydrogens is 874 g/mol. The fraction of sp³-hybridized carbons (Fsp3) is 0.468. The highest BCUT2D eigenvalue weighted by Gasteiger charge is 2.39. The number of rotatable bonds is 24. The van der Waals surface area contributed by atoms with Crippen LogP contribution >= 0.6 is 0 Å². The highest BCUT2D eigenvalue weighted by molar-refractivity contribution is 6.14. The number of amides is 4. The lowest BCUT2D eigenvalue weighted by Crippen LogP contribution is -2.45. The van der Waals surface area contributed by atoms with E-state index in [1.165, 1.54) is 6.07 Å². The third kappa shape index (κ3) is 17.7. The molecule has 14 nitrogen and oxygen atoms in total. The zero-order chi connectivity index (χ0) is 49.2. The van der Waals surface area contributed by atoms with Crippen molar-refractivity contribution in [1.82, 2.24) is 19.7 Å². The maximum absolute atomic E-state index is 15.1. The predicted octanol–water partition coefficient (Wildman–Crippen LogP) is 6.69. The van der Waals surface area contributed by atoms with Crippen molar-refractivity contribution in [3.63, 3.8) is 0 Å². The molecule has 0 saturated carbocycles. The Morgan fingerprint density at radius 1 is 0.864 bits per heavy atom. The van der Waals surface area contributed by atoms with Crippen LogP contribution < -0.4 is 11.1 Å². The zero-order valence-corrected chi connectivity index (χ0v) is 37.5. The molecule has 0 radical (unpaired) electrons. The van der Waals surface area contributed by atoms with Crippen LogP contribution in [0.4, 0.5) is 22.0 Å². The van der Waals surface area contributed by atoms with Crippen LogP contribution in [0.2, 0.25) is 0 Å². The van der Waals surface area contributed by atoms with E-state index >= 15 is 4.39 Å². The quantitative estimate of drug-likeness (QED) is 0.0494. The van der Waals surface area contributed by atoms with Crippen molar-refractivity contribution in [1.29, 1.82) is 0 Å². The highest BCUT2D eigenvalue weighted by Crippen LogP contribution is 2.41. The smallest absolute Gasteiger partial charge is 0.475 e. The number of ketones is 2. The van der Waals surface area contributed by atoms with E-state index in [4.69, 9.17) is 20.4 Å². The van der Waals surface area contributed by atoms with Crippen LogP contribution in [0.15, 0.2) is 72.9 Å². The number of alkyl halides is 3. The summed E-state index contributed by atoms with van der Waals surface area (Å²) >= 11 is 0. The summed E-state index contributed by atoms with van der Waals surface area (Å²) < 4.78 is 68.6. The van der Waals surface area contributed by atoms with Gasteiger partial charge in [-0.3, -0.25) is 33.7 Å². The van der Waals surface area contributed by atoms with Crippen molar-refractivity contribution in [2.24, 2.45) is 11.1 Å². The van der Waals surface area contributed by atoms with Crippen molar-refractivity contribution in [3.05, 3.63) is 95.8 Å². The average Bonchev–Trinajstić information content (AvgIpc) is 3.80. The van der Waals surface area contributed by atoms with Gasteiger partial charge >= 0.3 is 12.1 Å². The molecule has 66 heavy (non-hydrogen) atoms. The molecule has 4 rings (SSSR count). The molecule has 2 heterocycles. The van der Waals surface area contributed by atoms with Crippen LogP contribution in [0.5, 0.6) is 0 Å². The molecular formula is C47H58F5N5O9. The second-order valence-electron chi connectivity index (χ2n) is 16.7. The lowest BCUT2D eigenvalue weighted by Gasteiger charge is -2.41. The van der Waals surface area contributed by atoms with Gasteiger partial charge in [-0.2, -0.15) is 13.2 Å². The van der Waals surface area contributed by atoms with Gasteiger partial charge in [0.15, 0.2) is 5.78 Å². The number of nitrogens with one attached hydrogen (secondary N) is 1. The zero-order valence-electron chi connectivity index (χ0n) is 37.5. The van der Waals surface area contributed by atoms with E-state index in [1.54, 1.807) is 18.0 Å². The van der Waals surface area contributed by atoms with Gasteiger partial charge in [-0.1, -0.05) is 58.0 Å². The molecule has 2 aromatic carbocycles. The maximum Gasteiger partial charge on any atom is 0.490 e. The number of hydrogen-bond acceptors (Lipinski definition) is 9. The van der Waals surface area contributed by atoms with Gasteiger partial charge in [-0.25, -0.2) is 13.6 Å². The molecule has 1 aromatic heterocycles. The van der Waals surface area contributed by atoms with E-state index in [0.717, 1.165) is 40.4 Å². The normalized spacial score (nSPS) is 13.5. The topological polar surface area (TPSA) is 198 Å². The number of halogens is 5. The minimum atomic E-state index is -5.08. The van der Waals surface area contributed by atoms with Gasteiger partial charge in [0.25, 0.3) is 11.8 Å². The van der Waals surface area contributed by atoms with Crippen LogP contribution in [0.1, 0.15) is 96.4 Å². The minimum Gasteiger partial charge on any atom is -0.475 e. The third-order valence-corrected chi connectivity index (χ3v) is 10.3. The monoisotopic (exact) mass is 931 g/mol. The van der Waals surface area contributed by atoms with Crippen LogP contribution in [0, 0.1) is 17.0 Å². The van der Waals surface area contributed by atoms with Gasteiger partial charge in [-0.05, 0) is 54.5 Å². The Labute approximate surface area is 380 Å². The van der Waals surface area contributed by atoms with E-state index < -0.39 is 53.1 Å². The fourth-order valence-corrected chi connectivity index (χ4v) is 7.02. The predicted molar refractivity (Wildman–Crippen MR) is 233 cm³/mol. The van der Waals surface area contributed by atoms with Gasteiger partial charge in [0.1, 0.15) is 17.4 Å². The number of benzene rings is 2. The standard InChI is InChI=1S/C45H57F2N5O7.C2HF3O2/c1-5-41(56)51(44(45(2,3)4)39-25-32(37-26-33(46)15-17-38(37)47)29-50(39)28-31-11-7-6-8-12-31)22-21-34(48)27-49-40(55)18-16-35(53)13-9-23-59-24-10-14-36(54)30-52-42(57)19-20-43(52)58;3-2(4,5)1(6)7/h6-8,11-12,15,17,19-20,25-26,29,34,44H,5,9-10,13-14,16,18,21-24,27-28,30,48H2,1-4H3,(H,49,55);(H,6,7)/t34-,44-;/m0./s1. The molecule has 0 unspecified atom stereocenters. The summed E-state index contributed by atoms with van der Waals surface area (Å²) in [5.74, 6) is -5.60. The number of aliphatic carboxylic acids is 1. The summed E-state index contributed by atoms with van der Waals surface area (Å²) in [5, 5.41) is 9.93. The highest BCUT2D eigenvalue weighted by atomic mass is 19.4. The lowest BCUT2D eigenvalue weighted by molar-refractivity contribution is -0.192. The number of carbonyl (C=O) groups excluding carboxylic acids is 6. The molecule has 4 amide bonds. The van der Waals surface area contributed by atoms with E-state index in [1.807, 2.05) is 61.7 Å². The Morgan fingerprint density at radius 3 is 2.05 bits per heavy atom. The molecule has 19 heteroatoms. The minimum absolute atomic E-state index is 0.00521. The first kappa shape index (κ1) is 54.3. The van der Waals surface area contributed by atoms with Crippen molar-refractivity contribution in [2.45, 2.75) is 104 Å². The van der Waals surface area contributed by atoms with E-state index in [-0.39, 0.29) is 80.7 Å².